The number of benzene rings is 1. The molecule has 0 bridgehead atoms. The number of nitrogens with zero attached hydrogens (tertiary/aromatic N) is 5. The number of pyridine rings is 1. The number of carbonyl (C=O) groups is 2. The third-order valence-electron chi connectivity index (χ3n) is 5.86. The molecular formula is C25H28N6O3. The molecule has 0 aliphatic carbocycles. The van der Waals surface area contributed by atoms with Crippen molar-refractivity contribution >= 4 is 22.8 Å². The predicted octanol–water partition coefficient (Wildman–Crippen LogP) is 3.49. The summed E-state index contributed by atoms with van der Waals surface area (Å²) in [5.74, 6) is -0.00173. The minimum Gasteiger partial charge on any atom is -0.467 e. The van der Waals surface area contributed by atoms with Crippen molar-refractivity contribution in [3.8, 4) is 0 Å². The highest BCUT2D eigenvalue weighted by Gasteiger charge is 2.34. The third kappa shape index (κ3) is 5.14. The number of aromatic nitrogens is 4. The molecule has 0 radical (unpaired) electrons. The lowest BCUT2D eigenvalue weighted by molar-refractivity contribution is -0.143. The Morgan fingerprint density at radius 3 is 2.59 bits per heavy atom. The number of furan rings is 1. The number of fused-ring (bicyclic) bond motifs is 1. The first-order chi connectivity index (χ1) is 16.4. The summed E-state index contributed by atoms with van der Waals surface area (Å²) >= 11 is 0. The number of rotatable bonds is 9. The van der Waals surface area contributed by atoms with Crippen LogP contribution in [0.15, 0.2) is 71.6 Å². The van der Waals surface area contributed by atoms with E-state index in [-0.39, 0.29) is 24.9 Å². The number of carbonyl (C=O) groups excluding carboxylic acids is 2. The van der Waals surface area contributed by atoms with Crippen LogP contribution in [0.4, 0.5) is 0 Å². The molecule has 3 heterocycles. The van der Waals surface area contributed by atoms with Crippen molar-refractivity contribution in [3.05, 3.63) is 78.5 Å². The Kier molecular flexibility index (Phi) is 6.72. The van der Waals surface area contributed by atoms with Gasteiger partial charge in [0.25, 0.3) is 0 Å². The van der Waals surface area contributed by atoms with Gasteiger partial charge in [0, 0.05) is 17.9 Å². The second kappa shape index (κ2) is 9.86. The summed E-state index contributed by atoms with van der Waals surface area (Å²) < 4.78 is 7.08. The van der Waals surface area contributed by atoms with Crippen molar-refractivity contribution in [3.63, 3.8) is 0 Å². The zero-order chi connectivity index (χ0) is 24.1. The number of amides is 2. The van der Waals surface area contributed by atoms with Crippen molar-refractivity contribution in [1.29, 1.82) is 0 Å². The molecule has 4 aromatic rings. The van der Waals surface area contributed by atoms with Crippen LogP contribution in [0, 0.1) is 0 Å². The van der Waals surface area contributed by atoms with E-state index in [1.165, 1.54) is 4.90 Å². The molecule has 0 aliphatic rings. The van der Waals surface area contributed by atoms with Gasteiger partial charge in [0.1, 0.15) is 23.9 Å². The highest BCUT2D eigenvalue weighted by atomic mass is 16.3. The van der Waals surface area contributed by atoms with E-state index >= 15 is 0 Å². The largest absolute Gasteiger partial charge is 0.467 e. The SMILES string of the molecule is CCC(C)(C)NC(=O)[C@H](c1ccncc1)N(Cc1ccco1)C(=O)Cn1nnc2ccccc21. The zero-order valence-electron chi connectivity index (χ0n) is 19.5. The van der Waals surface area contributed by atoms with Crippen molar-refractivity contribution < 1.29 is 14.0 Å². The molecule has 1 atom stereocenters. The lowest BCUT2D eigenvalue weighted by atomic mass is 9.99. The molecule has 0 spiro atoms. The van der Waals surface area contributed by atoms with E-state index in [0.29, 0.717) is 16.8 Å². The fourth-order valence-corrected chi connectivity index (χ4v) is 3.66. The summed E-state index contributed by atoms with van der Waals surface area (Å²) in [6.45, 7) is 5.95. The van der Waals surface area contributed by atoms with E-state index in [4.69, 9.17) is 4.42 Å². The molecule has 0 aliphatic heterocycles. The van der Waals surface area contributed by atoms with Crippen LogP contribution in [0.25, 0.3) is 11.0 Å². The molecule has 0 fully saturated rings. The highest BCUT2D eigenvalue weighted by Crippen LogP contribution is 2.26. The molecule has 0 saturated carbocycles. The van der Waals surface area contributed by atoms with Crippen LogP contribution in [-0.4, -0.2) is 42.2 Å². The maximum atomic E-state index is 13.7. The molecule has 2 amide bonds. The van der Waals surface area contributed by atoms with E-state index in [9.17, 15) is 9.59 Å². The Morgan fingerprint density at radius 2 is 1.88 bits per heavy atom. The lowest BCUT2D eigenvalue weighted by Crippen LogP contribution is -2.50. The molecule has 34 heavy (non-hydrogen) atoms. The number of nitrogens with one attached hydrogen (secondary N) is 1. The van der Waals surface area contributed by atoms with Gasteiger partial charge >= 0.3 is 0 Å². The summed E-state index contributed by atoms with van der Waals surface area (Å²) in [7, 11) is 0. The normalized spacial score (nSPS) is 12.4. The second-order valence-corrected chi connectivity index (χ2v) is 8.75. The van der Waals surface area contributed by atoms with Gasteiger partial charge in [-0.05, 0) is 62.2 Å². The van der Waals surface area contributed by atoms with Gasteiger partial charge in [-0.2, -0.15) is 0 Å². The topological polar surface area (TPSA) is 106 Å². The Labute approximate surface area is 197 Å². The van der Waals surface area contributed by atoms with Crippen molar-refractivity contribution in [2.24, 2.45) is 0 Å². The van der Waals surface area contributed by atoms with Crippen LogP contribution in [0.2, 0.25) is 0 Å². The van der Waals surface area contributed by atoms with Crippen LogP contribution in [0.1, 0.15) is 44.6 Å². The van der Waals surface area contributed by atoms with E-state index in [0.717, 1.165) is 11.9 Å². The zero-order valence-corrected chi connectivity index (χ0v) is 19.5. The summed E-state index contributed by atoms with van der Waals surface area (Å²) in [4.78, 5) is 32.9. The maximum Gasteiger partial charge on any atom is 0.247 e. The molecule has 4 rings (SSSR count). The fourth-order valence-electron chi connectivity index (χ4n) is 3.66. The Morgan fingerprint density at radius 1 is 1.12 bits per heavy atom. The summed E-state index contributed by atoms with van der Waals surface area (Å²) in [6.07, 6.45) is 5.51. The Hall–Kier alpha value is -4.01. The monoisotopic (exact) mass is 460 g/mol. The minimum atomic E-state index is -0.888. The Balaban J connectivity index is 1.72. The van der Waals surface area contributed by atoms with Crippen LogP contribution >= 0.6 is 0 Å². The van der Waals surface area contributed by atoms with E-state index < -0.39 is 11.6 Å². The van der Waals surface area contributed by atoms with Crippen molar-refractivity contribution in [1.82, 2.24) is 30.2 Å². The smallest absolute Gasteiger partial charge is 0.247 e. The van der Waals surface area contributed by atoms with Crippen molar-refractivity contribution in [2.45, 2.75) is 51.9 Å². The molecular weight excluding hydrogens is 432 g/mol. The van der Waals surface area contributed by atoms with Gasteiger partial charge in [0.2, 0.25) is 11.8 Å². The van der Waals surface area contributed by atoms with Gasteiger partial charge in [-0.15, -0.1) is 5.10 Å². The second-order valence-electron chi connectivity index (χ2n) is 8.75. The molecule has 176 valence electrons. The number of para-hydroxylation sites is 1. The average molecular weight is 461 g/mol. The molecule has 1 N–H and O–H groups in total. The summed E-state index contributed by atoms with van der Waals surface area (Å²) in [5, 5.41) is 11.4. The minimum absolute atomic E-state index is 0.0761. The van der Waals surface area contributed by atoms with E-state index in [1.54, 1.807) is 47.6 Å². The summed E-state index contributed by atoms with van der Waals surface area (Å²) in [5.41, 5.74) is 1.65. The lowest BCUT2D eigenvalue weighted by Gasteiger charge is -2.34. The van der Waals surface area contributed by atoms with E-state index in [2.05, 4.69) is 20.6 Å². The number of hydrogen-bond donors (Lipinski definition) is 1. The molecule has 1 aromatic carbocycles. The van der Waals surface area contributed by atoms with Crippen molar-refractivity contribution in [2.75, 3.05) is 0 Å². The summed E-state index contributed by atoms with van der Waals surface area (Å²) in [6, 6.07) is 13.6. The molecule has 3 aromatic heterocycles. The van der Waals surface area contributed by atoms with Gasteiger partial charge in [-0.1, -0.05) is 24.3 Å². The first-order valence-corrected chi connectivity index (χ1v) is 11.2. The Bertz CT molecular complexity index is 1250. The van der Waals surface area contributed by atoms with Crippen LogP contribution in [0.3, 0.4) is 0 Å². The molecule has 0 saturated heterocycles. The average Bonchev–Trinajstić information content (AvgIpc) is 3.49. The van der Waals surface area contributed by atoms with Crippen LogP contribution < -0.4 is 5.32 Å². The van der Waals surface area contributed by atoms with Gasteiger partial charge in [-0.25, -0.2) is 4.68 Å². The molecule has 0 unspecified atom stereocenters. The van der Waals surface area contributed by atoms with Gasteiger partial charge < -0.3 is 14.6 Å². The van der Waals surface area contributed by atoms with Crippen LogP contribution in [-0.2, 0) is 22.7 Å². The standard InChI is InChI=1S/C25H28N6O3/c1-4-25(2,3)27-24(33)23(18-11-13-26-14-12-18)30(16-19-8-7-15-34-19)22(32)17-31-21-10-6-5-9-20(21)28-29-31/h5-15,23H,4,16-17H2,1-3H3,(H,27,33)/t23-/m0/s1. The molecule has 9 nitrogen and oxygen atoms in total. The van der Waals surface area contributed by atoms with Gasteiger partial charge in [-0.3, -0.25) is 14.6 Å². The predicted molar refractivity (Wildman–Crippen MR) is 126 cm³/mol. The quantitative estimate of drug-likeness (QED) is 0.410. The fraction of sp³-hybridized carbons (Fsp3) is 0.320. The van der Waals surface area contributed by atoms with Gasteiger partial charge in [0.05, 0.1) is 18.3 Å². The van der Waals surface area contributed by atoms with E-state index in [1.807, 2.05) is 45.0 Å². The molecule has 9 heteroatoms. The maximum absolute atomic E-state index is 13.7. The highest BCUT2D eigenvalue weighted by molar-refractivity contribution is 5.89. The first kappa shape index (κ1) is 23.2. The van der Waals surface area contributed by atoms with Gasteiger partial charge in [0.15, 0.2) is 0 Å². The first-order valence-electron chi connectivity index (χ1n) is 11.2. The number of hydrogen-bond acceptors (Lipinski definition) is 6. The third-order valence-corrected chi connectivity index (χ3v) is 5.86. The van der Waals surface area contributed by atoms with Crippen LogP contribution in [0.5, 0.6) is 0 Å².